The molecule has 2 aromatic rings. The molecule has 1 aromatic heterocycles. The summed E-state index contributed by atoms with van der Waals surface area (Å²) in [6.07, 6.45) is 5.53. The molecule has 2 heterocycles. The van der Waals surface area contributed by atoms with Crippen LogP contribution >= 0.6 is 0 Å². The first kappa shape index (κ1) is 21.5. The van der Waals surface area contributed by atoms with Gasteiger partial charge in [-0.15, -0.1) is 0 Å². The van der Waals surface area contributed by atoms with Crippen LogP contribution in [0.15, 0.2) is 35.2 Å². The molecule has 0 saturated carbocycles. The molecule has 0 bridgehead atoms. The van der Waals surface area contributed by atoms with E-state index in [4.69, 9.17) is 4.74 Å². The number of hydrogen-bond donors (Lipinski definition) is 1. The second kappa shape index (κ2) is 10.0. The molecule has 0 atom stereocenters. The van der Waals surface area contributed by atoms with E-state index < -0.39 is 10.0 Å². The minimum atomic E-state index is -3.63. The van der Waals surface area contributed by atoms with Gasteiger partial charge in [-0.1, -0.05) is 13.3 Å². The summed E-state index contributed by atoms with van der Waals surface area (Å²) in [6.45, 7) is 6.65. The van der Waals surface area contributed by atoms with Gasteiger partial charge < -0.3 is 9.64 Å². The summed E-state index contributed by atoms with van der Waals surface area (Å²) in [6, 6.07) is 8.32. The zero-order valence-electron chi connectivity index (χ0n) is 17.2. The van der Waals surface area contributed by atoms with Crippen molar-refractivity contribution in [2.75, 3.05) is 24.6 Å². The van der Waals surface area contributed by atoms with Crippen molar-refractivity contribution in [3.8, 4) is 5.75 Å². The van der Waals surface area contributed by atoms with Crippen molar-refractivity contribution < 1.29 is 13.2 Å². The van der Waals surface area contributed by atoms with E-state index in [9.17, 15) is 8.42 Å². The molecule has 158 valence electrons. The van der Waals surface area contributed by atoms with Crippen LogP contribution < -0.4 is 14.4 Å². The molecule has 3 rings (SSSR count). The molecule has 1 aliphatic rings. The largest absolute Gasteiger partial charge is 0.494 e. The van der Waals surface area contributed by atoms with Crippen LogP contribution in [0.3, 0.4) is 0 Å². The highest BCUT2D eigenvalue weighted by atomic mass is 32.2. The number of aromatic nitrogens is 2. The molecular formula is C21H30N4O3S. The van der Waals surface area contributed by atoms with Gasteiger partial charge in [0.1, 0.15) is 5.75 Å². The van der Waals surface area contributed by atoms with Gasteiger partial charge in [-0.05, 0) is 62.9 Å². The molecule has 0 aliphatic carbocycles. The summed E-state index contributed by atoms with van der Waals surface area (Å²) in [7, 11) is -3.63. The number of nitrogens with one attached hydrogen (secondary N) is 1. The molecule has 7 nitrogen and oxygen atoms in total. The van der Waals surface area contributed by atoms with E-state index in [0.717, 1.165) is 44.5 Å². The highest BCUT2D eigenvalue weighted by Crippen LogP contribution is 2.18. The fraction of sp³-hybridized carbons (Fsp3) is 0.524. The summed E-state index contributed by atoms with van der Waals surface area (Å²) in [5.41, 5.74) is 1.50. The van der Waals surface area contributed by atoms with Crippen LogP contribution in [0.1, 0.15) is 50.4 Å². The zero-order chi connectivity index (χ0) is 20.7. The average molecular weight is 419 g/mol. The Hall–Kier alpha value is -2.19. The lowest BCUT2D eigenvalue weighted by Crippen LogP contribution is -2.32. The van der Waals surface area contributed by atoms with E-state index in [2.05, 4.69) is 26.5 Å². The highest BCUT2D eigenvalue weighted by Gasteiger charge is 2.17. The predicted molar refractivity (Wildman–Crippen MR) is 114 cm³/mol. The van der Waals surface area contributed by atoms with Crippen LogP contribution in [0.2, 0.25) is 0 Å². The van der Waals surface area contributed by atoms with E-state index in [1.807, 2.05) is 13.0 Å². The van der Waals surface area contributed by atoms with E-state index in [0.29, 0.717) is 24.0 Å². The number of hydrogen-bond acceptors (Lipinski definition) is 6. The van der Waals surface area contributed by atoms with Crippen LogP contribution in [0.25, 0.3) is 0 Å². The smallest absolute Gasteiger partial charge is 0.240 e. The third-order valence-corrected chi connectivity index (χ3v) is 6.30. The maximum Gasteiger partial charge on any atom is 0.240 e. The molecule has 1 fully saturated rings. The Morgan fingerprint density at radius 3 is 2.52 bits per heavy atom. The number of anilines is 1. The van der Waals surface area contributed by atoms with Crippen molar-refractivity contribution in [3.63, 3.8) is 0 Å². The topological polar surface area (TPSA) is 84.4 Å². The first-order valence-electron chi connectivity index (χ1n) is 10.3. The van der Waals surface area contributed by atoms with Gasteiger partial charge in [0.2, 0.25) is 16.0 Å². The second-order valence-corrected chi connectivity index (χ2v) is 9.11. The fourth-order valence-corrected chi connectivity index (χ4v) is 4.24. The number of sulfonamides is 1. The molecule has 0 radical (unpaired) electrons. The van der Waals surface area contributed by atoms with Gasteiger partial charge in [0.15, 0.2) is 0 Å². The molecule has 29 heavy (non-hydrogen) atoms. The third-order valence-electron chi connectivity index (χ3n) is 4.88. The van der Waals surface area contributed by atoms with Crippen LogP contribution in [0.5, 0.6) is 5.75 Å². The molecule has 1 aliphatic heterocycles. The normalized spacial score (nSPS) is 14.8. The number of rotatable bonds is 9. The monoisotopic (exact) mass is 418 g/mol. The Labute approximate surface area is 173 Å². The Bertz CT molecular complexity index is 895. The van der Waals surface area contributed by atoms with Crippen LogP contribution in [0, 0.1) is 6.92 Å². The lowest BCUT2D eigenvalue weighted by Gasteiger charge is -2.27. The van der Waals surface area contributed by atoms with Crippen molar-refractivity contribution in [2.24, 2.45) is 0 Å². The van der Waals surface area contributed by atoms with Gasteiger partial charge in [-0.3, -0.25) is 0 Å². The minimum Gasteiger partial charge on any atom is -0.494 e. The maximum absolute atomic E-state index is 12.6. The third kappa shape index (κ3) is 6.14. The predicted octanol–water partition coefficient (Wildman–Crippen LogP) is 3.43. The van der Waals surface area contributed by atoms with Gasteiger partial charge in [-0.25, -0.2) is 23.1 Å². The first-order chi connectivity index (χ1) is 14.0. The van der Waals surface area contributed by atoms with Gasteiger partial charge in [0, 0.05) is 18.8 Å². The number of benzene rings is 1. The average Bonchev–Trinajstić information content (AvgIpc) is 2.73. The number of ether oxygens (including phenoxy) is 1. The van der Waals surface area contributed by atoms with E-state index in [1.165, 1.54) is 6.42 Å². The molecule has 1 N–H and O–H groups in total. The van der Waals surface area contributed by atoms with Crippen molar-refractivity contribution in [2.45, 2.75) is 57.4 Å². The molecule has 8 heteroatoms. The van der Waals surface area contributed by atoms with Crippen molar-refractivity contribution >= 4 is 16.0 Å². The molecule has 1 saturated heterocycles. The maximum atomic E-state index is 12.6. The number of aryl methyl sites for hydroxylation is 1. The van der Waals surface area contributed by atoms with E-state index in [1.54, 1.807) is 24.3 Å². The summed E-state index contributed by atoms with van der Waals surface area (Å²) in [4.78, 5) is 11.5. The summed E-state index contributed by atoms with van der Waals surface area (Å²) < 4.78 is 33.5. The Morgan fingerprint density at radius 2 is 1.83 bits per heavy atom. The molecule has 0 amide bonds. The second-order valence-electron chi connectivity index (χ2n) is 7.35. The summed E-state index contributed by atoms with van der Waals surface area (Å²) in [5, 5.41) is 0. The van der Waals surface area contributed by atoms with Gasteiger partial charge in [-0.2, -0.15) is 0 Å². The standard InChI is InChI=1S/C21H30N4O3S/c1-3-4-14-28-19-8-10-20(11-9-19)29(26,27)22-16-18-15-17(2)23-21(24-18)25-12-6-5-7-13-25/h8-11,15,22H,3-7,12-14,16H2,1-2H3. The SMILES string of the molecule is CCCCOc1ccc(S(=O)(=O)NCc2cc(C)nc(N3CCCCC3)n2)cc1. The molecule has 0 spiro atoms. The highest BCUT2D eigenvalue weighted by molar-refractivity contribution is 7.89. The summed E-state index contributed by atoms with van der Waals surface area (Å²) in [5.74, 6) is 1.36. The zero-order valence-corrected chi connectivity index (χ0v) is 18.0. The van der Waals surface area contributed by atoms with Crippen molar-refractivity contribution in [1.82, 2.24) is 14.7 Å². The number of unbranched alkanes of at least 4 members (excludes halogenated alkanes) is 1. The summed E-state index contributed by atoms with van der Waals surface area (Å²) >= 11 is 0. The van der Waals surface area contributed by atoms with Crippen molar-refractivity contribution in [1.29, 1.82) is 0 Å². The van der Waals surface area contributed by atoms with Crippen LogP contribution in [-0.4, -0.2) is 38.1 Å². The molecule has 0 unspecified atom stereocenters. The van der Waals surface area contributed by atoms with Gasteiger partial charge in [0.25, 0.3) is 0 Å². The molecule has 1 aromatic carbocycles. The Morgan fingerprint density at radius 1 is 1.10 bits per heavy atom. The number of nitrogens with zero attached hydrogens (tertiary/aromatic N) is 3. The van der Waals surface area contributed by atoms with E-state index >= 15 is 0 Å². The van der Waals surface area contributed by atoms with Gasteiger partial charge in [0.05, 0.1) is 23.7 Å². The van der Waals surface area contributed by atoms with E-state index in [-0.39, 0.29) is 11.4 Å². The van der Waals surface area contributed by atoms with Crippen LogP contribution in [0.4, 0.5) is 5.95 Å². The molecular weight excluding hydrogens is 388 g/mol. The first-order valence-corrected chi connectivity index (χ1v) is 11.8. The quantitative estimate of drug-likeness (QED) is 0.628. The lowest BCUT2D eigenvalue weighted by atomic mass is 10.1. The Balaban J connectivity index is 1.64. The minimum absolute atomic E-state index is 0.126. The van der Waals surface area contributed by atoms with Gasteiger partial charge >= 0.3 is 0 Å². The Kier molecular flexibility index (Phi) is 7.44. The number of piperidine rings is 1. The van der Waals surface area contributed by atoms with Crippen LogP contribution in [-0.2, 0) is 16.6 Å². The fourth-order valence-electron chi connectivity index (χ4n) is 3.24. The van der Waals surface area contributed by atoms with Crippen molar-refractivity contribution in [3.05, 3.63) is 41.7 Å². The lowest BCUT2D eigenvalue weighted by molar-refractivity contribution is 0.309.